The number of hydrogen-bond donors (Lipinski definition) is 1. The van der Waals surface area contributed by atoms with Crippen LogP contribution in [0, 0.1) is 6.92 Å². The fraction of sp³-hybridized carbons (Fsp3) is 0.292. The van der Waals surface area contributed by atoms with Crippen molar-refractivity contribution in [3.63, 3.8) is 0 Å². The summed E-state index contributed by atoms with van der Waals surface area (Å²) in [6, 6.07) is 9.80. The molecule has 0 unspecified atom stereocenters. The number of nitrogens with one attached hydrogen (secondary N) is 1. The van der Waals surface area contributed by atoms with Gasteiger partial charge in [-0.1, -0.05) is 24.3 Å². The van der Waals surface area contributed by atoms with E-state index in [1.807, 2.05) is 44.3 Å². The number of amides is 1. The molecule has 3 aromatic rings. The molecular formula is C24H25N5O3. The molecule has 1 spiro atoms. The Kier molecular flexibility index (Phi) is 4.74. The summed E-state index contributed by atoms with van der Waals surface area (Å²) in [7, 11) is 3.60. The van der Waals surface area contributed by atoms with Gasteiger partial charge in [-0.3, -0.25) is 9.80 Å². The number of fused-ring (bicyclic) bond motifs is 1. The monoisotopic (exact) mass is 431 g/mol. The van der Waals surface area contributed by atoms with Crippen LogP contribution in [0.25, 0.3) is 17.0 Å². The van der Waals surface area contributed by atoms with Crippen molar-refractivity contribution in [1.29, 1.82) is 0 Å². The second-order valence-electron chi connectivity index (χ2n) is 8.49. The minimum Gasteiger partial charge on any atom is -0.494 e. The third-order valence-corrected chi connectivity index (χ3v) is 5.99. The predicted molar refractivity (Wildman–Crippen MR) is 125 cm³/mol. The van der Waals surface area contributed by atoms with Crippen LogP contribution in [0.2, 0.25) is 0 Å². The van der Waals surface area contributed by atoms with Gasteiger partial charge < -0.3 is 14.8 Å². The molecule has 0 atom stereocenters. The molecule has 0 saturated carbocycles. The maximum Gasteiger partial charge on any atom is 0.415 e. The van der Waals surface area contributed by atoms with E-state index in [2.05, 4.69) is 32.8 Å². The lowest BCUT2D eigenvalue weighted by Crippen LogP contribution is -2.62. The van der Waals surface area contributed by atoms with Crippen LogP contribution in [0.15, 0.2) is 43.2 Å². The molecule has 0 bridgehead atoms. The van der Waals surface area contributed by atoms with E-state index in [0.29, 0.717) is 29.3 Å². The van der Waals surface area contributed by atoms with E-state index >= 15 is 0 Å². The van der Waals surface area contributed by atoms with E-state index in [1.54, 1.807) is 12.0 Å². The van der Waals surface area contributed by atoms with Crippen LogP contribution in [-0.4, -0.2) is 60.4 Å². The number of rotatable bonds is 5. The minimum atomic E-state index is -0.458. The molecule has 1 N–H and O–H groups in total. The summed E-state index contributed by atoms with van der Waals surface area (Å²) in [6.45, 7) is 7.88. The molecule has 2 aliphatic rings. The smallest absolute Gasteiger partial charge is 0.415 e. The number of nitrogens with zero attached hydrogens (tertiary/aromatic N) is 4. The van der Waals surface area contributed by atoms with E-state index in [-0.39, 0.29) is 6.09 Å². The summed E-state index contributed by atoms with van der Waals surface area (Å²) in [5.74, 6) is 1.20. The van der Waals surface area contributed by atoms with Gasteiger partial charge in [0.25, 0.3) is 0 Å². The molecule has 164 valence electrons. The molecule has 32 heavy (non-hydrogen) atoms. The number of likely N-dealkylation sites (N-methyl/N-ethyl adjacent to an activating group) is 1. The van der Waals surface area contributed by atoms with Gasteiger partial charge >= 0.3 is 6.09 Å². The van der Waals surface area contributed by atoms with E-state index in [1.165, 1.54) is 6.33 Å². The van der Waals surface area contributed by atoms with Crippen molar-refractivity contribution >= 4 is 40.3 Å². The number of anilines is 3. The van der Waals surface area contributed by atoms with Gasteiger partial charge in [0.15, 0.2) is 5.60 Å². The number of aryl methyl sites for hydroxylation is 1. The molecule has 1 amide bonds. The van der Waals surface area contributed by atoms with Crippen molar-refractivity contribution in [1.82, 2.24) is 14.9 Å². The lowest BCUT2D eigenvalue weighted by molar-refractivity contribution is -0.0599. The summed E-state index contributed by atoms with van der Waals surface area (Å²) < 4.78 is 11.3. The van der Waals surface area contributed by atoms with E-state index in [4.69, 9.17) is 9.47 Å². The van der Waals surface area contributed by atoms with Gasteiger partial charge in [0.2, 0.25) is 0 Å². The summed E-state index contributed by atoms with van der Waals surface area (Å²) in [5.41, 5.74) is 3.90. The highest BCUT2D eigenvalue weighted by molar-refractivity contribution is 6.00. The van der Waals surface area contributed by atoms with Gasteiger partial charge in [-0.2, -0.15) is 0 Å². The van der Waals surface area contributed by atoms with E-state index in [0.717, 1.165) is 35.3 Å². The van der Waals surface area contributed by atoms with E-state index < -0.39 is 5.60 Å². The van der Waals surface area contributed by atoms with Gasteiger partial charge in [0, 0.05) is 30.2 Å². The fourth-order valence-electron chi connectivity index (χ4n) is 4.55. The summed E-state index contributed by atoms with van der Waals surface area (Å²) in [4.78, 5) is 25.4. The molecule has 0 aliphatic carbocycles. The van der Waals surface area contributed by atoms with Crippen molar-refractivity contribution in [3.8, 4) is 5.75 Å². The summed E-state index contributed by atoms with van der Waals surface area (Å²) >= 11 is 0. The van der Waals surface area contributed by atoms with Gasteiger partial charge in [0.1, 0.15) is 17.9 Å². The third kappa shape index (κ3) is 3.33. The lowest BCUT2D eigenvalue weighted by Gasteiger charge is -2.43. The molecule has 2 aliphatic heterocycles. The zero-order chi connectivity index (χ0) is 22.5. The van der Waals surface area contributed by atoms with Crippen molar-refractivity contribution in [2.24, 2.45) is 0 Å². The Bertz CT molecular complexity index is 1240. The Labute approximate surface area is 186 Å². The Morgan fingerprint density at radius 2 is 2.03 bits per heavy atom. The number of carbonyl (C=O) groups excluding carboxylic acids is 1. The van der Waals surface area contributed by atoms with Gasteiger partial charge in [-0.15, -0.1) is 0 Å². The highest BCUT2D eigenvalue weighted by Gasteiger charge is 2.53. The fourth-order valence-corrected chi connectivity index (χ4v) is 4.55. The zero-order valence-electron chi connectivity index (χ0n) is 18.4. The largest absolute Gasteiger partial charge is 0.494 e. The molecule has 3 heterocycles. The Morgan fingerprint density at radius 3 is 2.75 bits per heavy atom. The minimum absolute atomic E-state index is 0.366. The first kappa shape index (κ1) is 20.3. The quantitative estimate of drug-likeness (QED) is 0.655. The van der Waals surface area contributed by atoms with Crippen molar-refractivity contribution in [3.05, 3.63) is 54.4 Å². The van der Waals surface area contributed by atoms with Gasteiger partial charge in [-0.25, -0.2) is 14.8 Å². The standard InChI is InChI=1S/C24H25N5O3/c1-5-16-8-15(2)6-7-18(16)27-22-17-9-20(21(31-4)10-19(17)25-14-26-22)29-13-24(32-23(29)30)11-28(3)12-24/h5-10,14H,1,11-13H2,2-4H3,(H,25,26,27). The maximum absolute atomic E-state index is 12.8. The van der Waals surface area contributed by atoms with Gasteiger partial charge in [0.05, 0.1) is 24.9 Å². The number of hydrogen-bond acceptors (Lipinski definition) is 7. The Hall–Kier alpha value is -3.65. The molecule has 5 rings (SSSR count). The summed E-state index contributed by atoms with van der Waals surface area (Å²) in [5, 5.41) is 4.18. The molecule has 2 saturated heterocycles. The van der Waals surface area contributed by atoms with Crippen molar-refractivity contribution in [2.45, 2.75) is 12.5 Å². The van der Waals surface area contributed by atoms with Crippen LogP contribution in [0.4, 0.5) is 22.0 Å². The molecule has 2 aromatic carbocycles. The normalized spacial score (nSPS) is 17.3. The maximum atomic E-state index is 12.8. The second-order valence-corrected chi connectivity index (χ2v) is 8.49. The highest BCUT2D eigenvalue weighted by atomic mass is 16.6. The summed E-state index contributed by atoms with van der Waals surface area (Å²) in [6.07, 6.45) is 2.95. The first-order valence-corrected chi connectivity index (χ1v) is 10.4. The van der Waals surface area contributed by atoms with Crippen molar-refractivity contribution < 1.29 is 14.3 Å². The molecule has 8 heteroatoms. The average molecular weight is 431 g/mol. The van der Waals surface area contributed by atoms with Crippen molar-refractivity contribution in [2.75, 3.05) is 44.0 Å². The van der Waals surface area contributed by atoms with Crippen LogP contribution < -0.4 is 15.0 Å². The molecule has 0 radical (unpaired) electrons. The van der Waals surface area contributed by atoms with Gasteiger partial charge in [-0.05, 0) is 37.7 Å². The predicted octanol–water partition coefficient (Wildman–Crippen LogP) is 3.97. The Morgan fingerprint density at radius 1 is 1.22 bits per heavy atom. The lowest BCUT2D eigenvalue weighted by atomic mass is 9.95. The first-order valence-electron chi connectivity index (χ1n) is 10.4. The molecule has 1 aromatic heterocycles. The Balaban J connectivity index is 1.57. The second kappa shape index (κ2) is 7.49. The molecule has 2 fully saturated rings. The highest BCUT2D eigenvalue weighted by Crippen LogP contribution is 2.41. The van der Waals surface area contributed by atoms with E-state index in [9.17, 15) is 4.79 Å². The number of aromatic nitrogens is 2. The van der Waals surface area contributed by atoms with Crippen LogP contribution in [0.1, 0.15) is 11.1 Å². The number of ether oxygens (including phenoxy) is 2. The number of carbonyl (C=O) groups is 1. The third-order valence-electron chi connectivity index (χ3n) is 5.99. The molecule has 8 nitrogen and oxygen atoms in total. The number of likely N-dealkylation sites (tertiary alicyclic amines) is 1. The van der Waals surface area contributed by atoms with Crippen LogP contribution in [-0.2, 0) is 4.74 Å². The van der Waals surface area contributed by atoms with Crippen LogP contribution in [0.3, 0.4) is 0 Å². The molecular weight excluding hydrogens is 406 g/mol. The zero-order valence-corrected chi connectivity index (χ0v) is 18.4. The topological polar surface area (TPSA) is 79.8 Å². The first-order chi connectivity index (χ1) is 15.4. The number of benzene rings is 2. The SMILES string of the molecule is C=Cc1cc(C)ccc1Nc1ncnc2cc(OC)c(N3CC4(CN(C)C4)OC3=O)cc12. The van der Waals surface area contributed by atoms with Crippen LogP contribution in [0.5, 0.6) is 5.75 Å². The van der Waals surface area contributed by atoms with Crippen LogP contribution >= 0.6 is 0 Å². The average Bonchev–Trinajstić information content (AvgIpc) is 3.10. The number of methoxy groups -OCH3 is 1.